The first-order valence-corrected chi connectivity index (χ1v) is 1.33. The van der Waals surface area contributed by atoms with Crippen LogP contribution in [0.4, 0.5) is 4.79 Å². The molecule has 0 heterocycles. The molecule has 8 N–H and O–H groups in total. The van der Waals surface area contributed by atoms with Crippen molar-refractivity contribution in [2.24, 2.45) is 11.5 Å². The first-order chi connectivity index (χ1) is 3.46. The van der Waals surface area contributed by atoms with Crippen LogP contribution in [0.25, 0.3) is 0 Å². The standard InChI is InChI=1S/CH4N2O.Ca.NO3.H3N/c2-1(3)4;;2-1(3)4;/h(H4,2,3,4);;;1H3/q;;-1;/p+1. The Morgan fingerprint density at radius 3 is 1.30 bits per heavy atom. The molecule has 0 aromatic heterocycles. The monoisotopic (exact) mass is 180 g/mol. The normalized spacial score (nSPS) is 4.80. The van der Waals surface area contributed by atoms with Crippen LogP contribution in [0.2, 0.25) is 0 Å². The van der Waals surface area contributed by atoms with Crippen molar-refractivity contribution in [3.8, 4) is 0 Å². The van der Waals surface area contributed by atoms with Crippen LogP contribution in [0.15, 0.2) is 0 Å². The van der Waals surface area contributed by atoms with Gasteiger partial charge in [-0.05, 0) is 0 Å². The topological polar surface area (TPSA) is 172 Å². The van der Waals surface area contributed by atoms with Crippen LogP contribution in [0.3, 0.4) is 0 Å². The van der Waals surface area contributed by atoms with Gasteiger partial charge in [0.1, 0.15) is 0 Å². The van der Waals surface area contributed by atoms with E-state index in [0.29, 0.717) is 0 Å². The van der Waals surface area contributed by atoms with Crippen molar-refractivity contribution in [1.82, 2.24) is 6.15 Å². The number of hydrogen-bond acceptors (Lipinski definition) is 4. The van der Waals surface area contributed by atoms with Gasteiger partial charge in [0.15, 0.2) is 0 Å². The first kappa shape index (κ1) is 22.6. The van der Waals surface area contributed by atoms with E-state index in [-0.39, 0.29) is 43.9 Å². The third-order valence-corrected chi connectivity index (χ3v) is 0. The fraction of sp³-hybridized carbons (Fsp3) is 0. The molecule has 0 fully saturated rings. The molecule has 58 valence electrons. The third kappa shape index (κ3) is 3580. The number of amides is 2. The molecular weight excluding hydrogens is 172 g/mol. The van der Waals surface area contributed by atoms with E-state index in [9.17, 15) is 0 Å². The van der Waals surface area contributed by atoms with E-state index in [1.165, 1.54) is 0 Å². The summed E-state index contributed by atoms with van der Waals surface area (Å²) in [4.78, 5) is 17.2. The largest absolute Gasteiger partial charge is 0.369 e. The minimum absolute atomic E-state index is 0. The second-order valence-electron chi connectivity index (χ2n) is 0.626. The molecule has 2 radical (unpaired) electrons. The zero-order valence-corrected chi connectivity index (χ0v) is 7.65. The molecule has 0 aliphatic rings. The predicted molar refractivity (Wildman–Crippen MR) is 35.9 cm³/mol. The summed E-state index contributed by atoms with van der Waals surface area (Å²) in [5, 5.41) is 14.8. The van der Waals surface area contributed by atoms with Crippen LogP contribution in [0, 0.1) is 15.3 Å². The molecule has 9 heteroatoms. The fourth-order valence-corrected chi connectivity index (χ4v) is 0. The van der Waals surface area contributed by atoms with Gasteiger partial charge in [-0.2, -0.15) is 0 Å². The van der Waals surface area contributed by atoms with Crippen molar-refractivity contribution in [2.75, 3.05) is 0 Å². The maximum atomic E-state index is 9.00. The maximum Gasteiger partial charge on any atom is 0.309 e. The van der Waals surface area contributed by atoms with Crippen LogP contribution >= 0.6 is 0 Å². The second-order valence-corrected chi connectivity index (χ2v) is 0.626. The number of quaternary nitrogens is 1. The van der Waals surface area contributed by atoms with Gasteiger partial charge in [0.25, 0.3) is 0 Å². The van der Waals surface area contributed by atoms with E-state index in [1.807, 2.05) is 0 Å². The summed E-state index contributed by atoms with van der Waals surface area (Å²) in [5.74, 6) is 0. The molecule has 2 amide bonds. The van der Waals surface area contributed by atoms with Crippen molar-refractivity contribution >= 4 is 43.8 Å². The van der Waals surface area contributed by atoms with Gasteiger partial charge in [0.05, 0.1) is 5.09 Å². The minimum atomic E-state index is -1.75. The molecule has 0 saturated carbocycles. The number of primary amides is 2. The number of nitrogens with two attached hydrogens (primary N) is 2. The van der Waals surface area contributed by atoms with Crippen LogP contribution < -0.4 is 17.6 Å². The van der Waals surface area contributed by atoms with E-state index < -0.39 is 11.1 Å². The van der Waals surface area contributed by atoms with E-state index >= 15 is 0 Å². The Bertz CT molecular complexity index is 75.3. The Hall–Kier alpha value is -0.310. The van der Waals surface area contributed by atoms with E-state index in [1.54, 1.807) is 0 Å². The SMILES string of the molecule is NC(N)=O.O=[N+]([O-])[O-].[Ca].[NH4+]. The van der Waals surface area contributed by atoms with Gasteiger partial charge < -0.3 is 32.9 Å². The molecule has 10 heavy (non-hydrogen) atoms. The van der Waals surface area contributed by atoms with Crippen LogP contribution in [0.1, 0.15) is 0 Å². The van der Waals surface area contributed by atoms with Gasteiger partial charge in [-0.15, -0.1) is 0 Å². The van der Waals surface area contributed by atoms with Crippen molar-refractivity contribution < 1.29 is 9.88 Å². The number of carbonyl (C=O) groups is 1. The quantitative estimate of drug-likeness (QED) is 0.241. The van der Waals surface area contributed by atoms with E-state index in [2.05, 4.69) is 11.5 Å². The Morgan fingerprint density at radius 1 is 1.30 bits per heavy atom. The number of carbonyl (C=O) groups excluding carboxylic acids is 1. The van der Waals surface area contributed by atoms with Crippen LogP contribution in [-0.2, 0) is 0 Å². The molecule has 0 aromatic rings. The summed E-state index contributed by atoms with van der Waals surface area (Å²) >= 11 is 0. The van der Waals surface area contributed by atoms with Gasteiger partial charge in [-0.25, -0.2) is 4.79 Å². The predicted octanol–water partition coefficient (Wildman–Crippen LogP) is -1.22. The molecule has 0 aromatic carbocycles. The average molecular weight is 180 g/mol. The van der Waals surface area contributed by atoms with Crippen LogP contribution in [0.5, 0.6) is 0 Å². The summed E-state index contributed by atoms with van der Waals surface area (Å²) < 4.78 is 0. The smallest absolute Gasteiger partial charge is 0.309 e. The van der Waals surface area contributed by atoms with Gasteiger partial charge in [-0.1, -0.05) is 0 Å². The van der Waals surface area contributed by atoms with E-state index in [4.69, 9.17) is 20.1 Å². The summed E-state index contributed by atoms with van der Waals surface area (Å²) in [7, 11) is 0. The number of hydrogen-bond donors (Lipinski definition) is 3. The molecule has 8 nitrogen and oxygen atoms in total. The Kier molecular flexibility index (Phi) is 35.9. The zero-order valence-electron chi connectivity index (χ0n) is 5.44. The van der Waals surface area contributed by atoms with Crippen molar-refractivity contribution in [1.29, 1.82) is 0 Å². The first-order valence-electron chi connectivity index (χ1n) is 1.33. The molecule has 0 spiro atoms. The van der Waals surface area contributed by atoms with Crippen molar-refractivity contribution in [2.45, 2.75) is 0 Å². The Morgan fingerprint density at radius 2 is 1.30 bits per heavy atom. The van der Waals surface area contributed by atoms with Gasteiger partial charge in [-0.3, -0.25) is 0 Å². The molecule has 0 atom stereocenters. The summed E-state index contributed by atoms with van der Waals surface area (Å²) in [6, 6.07) is -0.833. The number of urea groups is 1. The van der Waals surface area contributed by atoms with E-state index in [0.717, 1.165) is 0 Å². The maximum absolute atomic E-state index is 9.00. The Labute approximate surface area is 86.2 Å². The summed E-state index contributed by atoms with van der Waals surface area (Å²) in [5.41, 5.74) is 8.50. The second kappa shape index (κ2) is 15.9. The molecule has 0 unspecified atom stereocenters. The summed E-state index contributed by atoms with van der Waals surface area (Å²) in [6.07, 6.45) is 0. The third-order valence-electron chi connectivity index (χ3n) is 0. The van der Waals surface area contributed by atoms with Gasteiger partial charge in [0, 0.05) is 37.7 Å². The zero-order chi connectivity index (χ0) is 7.15. The van der Waals surface area contributed by atoms with Crippen LogP contribution in [-0.4, -0.2) is 48.9 Å². The number of nitrogens with zero attached hydrogens (tertiary/aromatic N) is 1. The van der Waals surface area contributed by atoms with Crippen molar-refractivity contribution in [3.05, 3.63) is 15.3 Å². The molecule has 0 aliphatic carbocycles. The molecule has 0 aliphatic heterocycles. The van der Waals surface area contributed by atoms with Gasteiger partial charge in [0.2, 0.25) is 0 Å². The number of rotatable bonds is 0. The fourth-order valence-electron chi connectivity index (χ4n) is 0. The molecule has 0 saturated heterocycles. The van der Waals surface area contributed by atoms with Gasteiger partial charge >= 0.3 is 6.03 Å². The summed E-state index contributed by atoms with van der Waals surface area (Å²) in [6.45, 7) is 0. The molecule has 0 bridgehead atoms. The van der Waals surface area contributed by atoms with Crippen molar-refractivity contribution in [3.63, 3.8) is 0 Å². The minimum Gasteiger partial charge on any atom is -0.369 e. The molecule has 0 rings (SSSR count). The Balaban J connectivity index is -0.0000000300. The molecular formula is CH8CaN4O4. The average Bonchev–Trinajstić information content (AvgIpc) is 1.25.